The van der Waals surface area contributed by atoms with Crippen LogP contribution in [0.5, 0.6) is 0 Å². The third-order valence-electron chi connectivity index (χ3n) is 2.86. The number of hydrogen-bond donors (Lipinski definition) is 2. The summed E-state index contributed by atoms with van der Waals surface area (Å²) in [5.74, 6) is 5.71. The van der Waals surface area contributed by atoms with E-state index in [0.717, 1.165) is 11.1 Å². The van der Waals surface area contributed by atoms with E-state index in [1.54, 1.807) is 11.3 Å². The number of benzene rings is 1. The second kappa shape index (κ2) is 6.66. The van der Waals surface area contributed by atoms with Gasteiger partial charge in [0.1, 0.15) is 6.10 Å². The quantitative estimate of drug-likeness (QED) is 0.621. The van der Waals surface area contributed by atoms with Crippen LogP contribution in [0.3, 0.4) is 0 Å². The fourth-order valence-electron chi connectivity index (χ4n) is 2.02. The van der Waals surface area contributed by atoms with E-state index in [9.17, 15) is 0 Å². The van der Waals surface area contributed by atoms with Crippen molar-refractivity contribution in [1.29, 1.82) is 0 Å². The largest absolute Gasteiger partial charge is 0.372 e. The minimum absolute atomic E-state index is 0.0291. The molecule has 2 aromatic rings. The van der Waals surface area contributed by atoms with Gasteiger partial charge in [0, 0.05) is 6.61 Å². The van der Waals surface area contributed by atoms with Crippen molar-refractivity contribution in [2.45, 2.75) is 19.1 Å². The Labute approximate surface area is 112 Å². The zero-order valence-electron chi connectivity index (χ0n) is 10.4. The average molecular weight is 262 g/mol. The lowest BCUT2D eigenvalue weighted by molar-refractivity contribution is 0.0328. The SMILES string of the molecule is CCOC(c1ccccc1)C(NN)c1ccsc1. The molecule has 0 radical (unpaired) electrons. The van der Waals surface area contributed by atoms with Crippen LogP contribution in [0.15, 0.2) is 47.2 Å². The number of hydrazine groups is 1. The van der Waals surface area contributed by atoms with Gasteiger partial charge >= 0.3 is 0 Å². The summed E-state index contributed by atoms with van der Waals surface area (Å²) in [6.07, 6.45) is -0.0733. The summed E-state index contributed by atoms with van der Waals surface area (Å²) < 4.78 is 5.87. The van der Waals surface area contributed by atoms with E-state index in [4.69, 9.17) is 10.6 Å². The summed E-state index contributed by atoms with van der Waals surface area (Å²) in [6, 6.07) is 12.2. The van der Waals surface area contributed by atoms with Crippen LogP contribution in [-0.4, -0.2) is 6.61 Å². The Morgan fingerprint density at radius 3 is 2.56 bits per heavy atom. The van der Waals surface area contributed by atoms with E-state index < -0.39 is 0 Å². The van der Waals surface area contributed by atoms with Crippen molar-refractivity contribution in [2.75, 3.05) is 6.61 Å². The molecule has 96 valence electrons. The molecule has 0 aliphatic carbocycles. The normalized spacial score (nSPS) is 14.3. The standard InChI is InChI=1S/C14H18N2OS/c1-2-17-14(11-6-4-3-5-7-11)13(16-15)12-8-9-18-10-12/h3-10,13-14,16H,2,15H2,1H3. The van der Waals surface area contributed by atoms with Gasteiger partial charge in [0.05, 0.1) is 6.04 Å². The molecular weight excluding hydrogens is 244 g/mol. The van der Waals surface area contributed by atoms with E-state index in [1.165, 1.54) is 0 Å². The Balaban J connectivity index is 2.28. The lowest BCUT2D eigenvalue weighted by Crippen LogP contribution is -2.33. The maximum Gasteiger partial charge on any atom is 0.103 e. The predicted molar refractivity (Wildman–Crippen MR) is 75.2 cm³/mol. The maximum absolute atomic E-state index is 5.87. The first-order valence-corrected chi connectivity index (χ1v) is 6.96. The molecule has 0 saturated carbocycles. The number of thiophene rings is 1. The topological polar surface area (TPSA) is 47.3 Å². The Hall–Kier alpha value is -1.20. The Morgan fingerprint density at radius 2 is 2.00 bits per heavy atom. The molecule has 1 aromatic carbocycles. The molecule has 2 atom stereocenters. The van der Waals surface area contributed by atoms with Gasteiger partial charge in [0.25, 0.3) is 0 Å². The summed E-state index contributed by atoms with van der Waals surface area (Å²) in [5.41, 5.74) is 5.16. The first-order chi connectivity index (χ1) is 8.86. The molecule has 3 nitrogen and oxygen atoms in total. The van der Waals surface area contributed by atoms with Crippen LogP contribution in [0.1, 0.15) is 30.2 Å². The Kier molecular flexibility index (Phi) is 4.90. The lowest BCUT2D eigenvalue weighted by Gasteiger charge is -2.26. The Bertz CT molecular complexity index is 444. The molecule has 0 spiro atoms. The van der Waals surface area contributed by atoms with Gasteiger partial charge in [-0.05, 0) is 34.9 Å². The van der Waals surface area contributed by atoms with Crippen molar-refractivity contribution in [3.8, 4) is 0 Å². The molecule has 2 unspecified atom stereocenters. The summed E-state index contributed by atoms with van der Waals surface area (Å²) in [4.78, 5) is 0. The second-order valence-corrected chi connectivity index (χ2v) is 4.77. The number of nitrogens with one attached hydrogen (secondary N) is 1. The first-order valence-electron chi connectivity index (χ1n) is 6.01. The number of nitrogens with two attached hydrogens (primary N) is 1. The molecule has 0 fully saturated rings. The van der Waals surface area contributed by atoms with E-state index in [-0.39, 0.29) is 12.1 Å². The molecule has 1 heterocycles. The number of ether oxygens (including phenoxy) is 1. The van der Waals surface area contributed by atoms with E-state index >= 15 is 0 Å². The van der Waals surface area contributed by atoms with E-state index in [0.29, 0.717) is 6.61 Å². The van der Waals surface area contributed by atoms with Crippen molar-refractivity contribution >= 4 is 11.3 Å². The minimum atomic E-state index is -0.0733. The molecular formula is C14H18N2OS. The van der Waals surface area contributed by atoms with E-state index in [2.05, 4.69) is 29.0 Å². The van der Waals surface area contributed by atoms with E-state index in [1.807, 2.05) is 30.5 Å². The molecule has 4 heteroatoms. The molecule has 1 aromatic heterocycles. The fourth-order valence-corrected chi connectivity index (χ4v) is 2.71. The second-order valence-electron chi connectivity index (χ2n) is 3.99. The summed E-state index contributed by atoms with van der Waals surface area (Å²) in [7, 11) is 0. The predicted octanol–water partition coefficient (Wildman–Crippen LogP) is 3.03. The van der Waals surface area contributed by atoms with Crippen molar-refractivity contribution in [3.63, 3.8) is 0 Å². The van der Waals surface area contributed by atoms with Crippen LogP contribution in [0.2, 0.25) is 0 Å². The van der Waals surface area contributed by atoms with Crippen molar-refractivity contribution in [3.05, 3.63) is 58.3 Å². The van der Waals surface area contributed by atoms with Gasteiger partial charge in [0.15, 0.2) is 0 Å². The zero-order chi connectivity index (χ0) is 12.8. The average Bonchev–Trinajstić information content (AvgIpc) is 2.94. The van der Waals surface area contributed by atoms with Crippen molar-refractivity contribution < 1.29 is 4.74 Å². The lowest BCUT2D eigenvalue weighted by atomic mass is 9.98. The molecule has 0 saturated heterocycles. The van der Waals surface area contributed by atoms with Crippen LogP contribution in [0.4, 0.5) is 0 Å². The molecule has 0 amide bonds. The fraction of sp³-hybridized carbons (Fsp3) is 0.286. The van der Waals surface area contributed by atoms with Crippen LogP contribution in [-0.2, 0) is 4.74 Å². The van der Waals surface area contributed by atoms with Gasteiger partial charge in [0.2, 0.25) is 0 Å². The van der Waals surface area contributed by atoms with Gasteiger partial charge < -0.3 is 4.74 Å². The van der Waals surface area contributed by atoms with Gasteiger partial charge in [-0.15, -0.1) is 0 Å². The molecule has 0 aliphatic heterocycles. The zero-order valence-corrected chi connectivity index (χ0v) is 11.2. The number of hydrogen-bond acceptors (Lipinski definition) is 4. The highest BCUT2D eigenvalue weighted by atomic mass is 32.1. The smallest absolute Gasteiger partial charge is 0.103 e. The van der Waals surface area contributed by atoms with Crippen LogP contribution in [0.25, 0.3) is 0 Å². The van der Waals surface area contributed by atoms with Gasteiger partial charge in [-0.2, -0.15) is 11.3 Å². The van der Waals surface area contributed by atoms with Crippen LogP contribution < -0.4 is 11.3 Å². The third kappa shape index (κ3) is 2.97. The summed E-state index contributed by atoms with van der Waals surface area (Å²) in [6.45, 7) is 2.65. The minimum Gasteiger partial charge on any atom is -0.372 e. The molecule has 0 aliphatic rings. The van der Waals surface area contributed by atoms with Crippen molar-refractivity contribution in [2.24, 2.45) is 5.84 Å². The highest BCUT2D eigenvalue weighted by Crippen LogP contribution is 2.32. The monoisotopic (exact) mass is 262 g/mol. The molecule has 18 heavy (non-hydrogen) atoms. The Morgan fingerprint density at radius 1 is 1.22 bits per heavy atom. The third-order valence-corrected chi connectivity index (χ3v) is 3.56. The van der Waals surface area contributed by atoms with Gasteiger partial charge in [-0.3, -0.25) is 5.84 Å². The van der Waals surface area contributed by atoms with Crippen LogP contribution >= 0.6 is 11.3 Å². The first kappa shape index (κ1) is 13.2. The van der Waals surface area contributed by atoms with Gasteiger partial charge in [-0.1, -0.05) is 30.3 Å². The maximum atomic E-state index is 5.87. The number of rotatable bonds is 6. The highest BCUT2D eigenvalue weighted by molar-refractivity contribution is 7.07. The van der Waals surface area contributed by atoms with Crippen LogP contribution in [0, 0.1) is 0 Å². The summed E-state index contributed by atoms with van der Waals surface area (Å²) in [5, 5.41) is 4.15. The molecule has 2 rings (SSSR count). The highest BCUT2D eigenvalue weighted by Gasteiger charge is 2.24. The summed E-state index contributed by atoms with van der Waals surface area (Å²) >= 11 is 1.66. The van der Waals surface area contributed by atoms with Crippen molar-refractivity contribution in [1.82, 2.24) is 5.43 Å². The van der Waals surface area contributed by atoms with Gasteiger partial charge in [-0.25, -0.2) is 5.43 Å². The molecule has 3 N–H and O–H groups in total. The molecule has 0 bridgehead atoms.